The zero-order valence-corrected chi connectivity index (χ0v) is 22.4. The molecule has 2 atom stereocenters. The lowest BCUT2D eigenvalue weighted by Crippen LogP contribution is -2.37. The molecule has 0 saturated carbocycles. The molecule has 2 aromatic carbocycles. The molecule has 2 unspecified atom stereocenters. The Morgan fingerprint density at radius 1 is 1.12 bits per heavy atom. The number of carbonyl (C=O) groups excluding carboxylic acids is 1. The van der Waals surface area contributed by atoms with Crippen molar-refractivity contribution in [3.63, 3.8) is 0 Å². The molecule has 0 spiro atoms. The van der Waals surface area contributed by atoms with Gasteiger partial charge in [0.1, 0.15) is 6.10 Å². The quantitative estimate of drug-likeness (QED) is 0.490. The van der Waals surface area contributed by atoms with Gasteiger partial charge in [-0.05, 0) is 23.6 Å². The Morgan fingerprint density at radius 2 is 1.74 bits per heavy atom. The van der Waals surface area contributed by atoms with Gasteiger partial charge < -0.3 is 9.64 Å². The maximum atomic E-state index is 12.8. The summed E-state index contributed by atoms with van der Waals surface area (Å²) in [4.78, 5) is 17.3. The van der Waals surface area contributed by atoms with E-state index in [4.69, 9.17) is 9.29 Å². The van der Waals surface area contributed by atoms with E-state index in [-0.39, 0.29) is 18.2 Å². The molecular formula is C24H31BrN2O5S2. The van der Waals surface area contributed by atoms with Crippen molar-refractivity contribution < 1.29 is 22.5 Å². The number of hydrogen-bond donors (Lipinski definition) is 1. The number of benzene rings is 2. The summed E-state index contributed by atoms with van der Waals surface area (Å²) in [5.41, 5.74) is 2.37. The minimum absolute atomic E-state index is 0.0579. The van der Waals surface area contributed by atoms with Crippen molar-refractivity contribution in [1.82, 2.24) is 9.80 Å². The Bertz CT molecular complexity index is 1020. The number of thioether (sulfide) groups is 1. The van der Waals surface area contributed by atoms with Crippen LogP contribution in [0.1, 0.15) is 23.6 Å². The van der Waals surface area contributed by atoms with Gasteiger partial charge in [-0.3, -0.25) is 9.45 Å². The van der Waals surface area contributed by atoms with E-state index >= 15 is 0 Å². The van der Waals surface area contributed by atoms with Crippen LogP contribution in [0.2, 0.25) is 0 Å². The molecule has 2 aromatic rings. The molecule has 34 heavy (non-hydrogen) atoms. The number of halogens is 1. The van der Waals surface area contributed by atoms with E-state index in [0.29, 0.717) is 12.8 Å². The highest BCUT2D eigenvalue weighted by Gasteiger charge is 2.37. The largest absolute Gasteiger partial charge is 0.444 e. The molecule has 0 radical (unpaired) electrons. The third-order valence-corrected chi connectivity index (χ3v) is 7.41. The first-order chi connectivity index (χ1) is 16.2. The van der Waals surface area contributed by atoms with Crippen LogP contribution in [0.15, 0.2) is 59.1 Å². The van der Waals surface area contributed by atoms with Gasteiger partial charge in [0.05, 0.1) is 18.8 Å². The topological polar surface area (TPSA) is 87.1 Å². The molecule has 0 aromatic heterocycles. The van der Waals surface area contributed by atoms with Crippen molar-refractivity contribution in [3.8, 4) is 0 Å². The first-order valence-electron chi connectivity index (χ1n) is 11.2. The monoisotopic (exact) mass is 570 g/mol. The molecule has 1 amide bonds. The fourth-order valence-corrected chi connectivity index (χ4v) is 5.54. The average molecular weight is 572 g/mol. The molecular weight excluding hydrogens is 540 g/mol. The first kappa shape index (κ1) is 27.0. The lowest BCUT2D eigenvalue weighted by molar-refractivity contribution is 0.125. The van der Waals surface area contributed by atoms with Gasteiger partial charge >= 0.3 is 6.09 Å². The molecule has 2 aliphatic heterocycles. The van der Waals surface area contributed by atoms with Crippen LogP contribution >= 0.6 is 27.7 Å². The van der Waals surface area contributed by atoms with E-state index in [1.807, 2.05) is 40.9 Å². The fraction of sp³-hybridized carbons (Fsp3) is 0.458. The highest BCUT2D eigenvalue weighted by atomic mass is 79.9. The van der Waals surface area contributed by atoms with Gasteiger partial charge in [0.25, 0.3) is 10.1 Å². The van der Waals surface area contributed by atoms with Gasteiger partial charge in [-0.1, -0.05) is 64.5 Å². The Hall–Kier alpha value is -1.59. The van der Waals surface area contributed by atoms with Crippen molar-refractivity contribution in [2.75, 3.05) is 43.9 Å². The van der Waals surface area contributed by atoms with Crippen LogP contribution < -0.4 is 0 Å². The summed E-state index contributed by atoms with van der Waals surface area (Å²) in [5.74, 6) is 2.41. The molecule has 2 fully saturated rings. The number of nitrogens with zero attached hydrogens (tertiary/aromatic N) is 2. The van der Waals surface area contributed by atoms with Crippen molar-refractivity contribution in [1.29, 1.82) is 0 Å². The molecule has 186 valence electrons. The number of rotatable bonds is 7. The van der Waals surface area contributed by atoms with Crippen LogP contribution in [-0.2, 0) is 21.3 Å². The van der Waals surface area contributed by atoms with E-state index in [1.165, 1.54) is 22.6 Å². The Morgan fingerprint density at radius 3 is 2.38 bits per heavy atom. The second kappa shape index (κ2) is 12.9. The van der Waals surface area contributed by atoms with Gasteiger partial charge in [-0.25, -0.2) is 4.79 Å². The minimum Gasteiger partial charge on any atom is -0.444 e. The van der Waals surface area contributed by atoms with Gasteiger partial charge in [-0.2, -0.15) is 20.2 Å². The number of amides is 1. The molecule has 4 rings (SSSR count). The third-order valence-electron chi connectivity index (χ3n) is 5.69. The standard InChI is InChI=1S/C23H27BrN2O2S.CH4O3S/c24-21-9-5-4-8-19(21)16-20-17-26(23(27)28-20)22(18-6-2-1-3-7-18)10-11-25-12-14-29-15-13-25;1-5(2,3)4/h1-9,20,22H,10-17H2;1H3,(H,2,3,4). The number of ether oxygens (including phenoxy) is 1. The van der Waals surface area contributed by atoms with Gasteiger partial charge in [0.2, 0.25) is 0 Å². The number of hydrogen-bond acceptors (Lipinski definition) is 6. The molecule has 1 N–H and O–H groups in total. The van der Waals surface area contributed by atoms with Crippen LogP contribution in [0, 0.1) is 0 Å². The lowest BCUT2D eigenvalue weighted by Gasteiger charge is -2.31. The molecule has 2 saturated heterocycles. The van der Waals surface area contributed by atoms with Crippen molar-refractivity contribution in [3.05, 3.63) is 70.2 Å². The highest BCUT2D eigenvalue weighted by Crippen LogP contribution is 2.31. The minimum atomic E-state index is -3.67. The van der Waals surface area contributed by atoms with E-state index < -0.39 is 10.1 Å². The molecule has 10 heteroatoms. The van der Waals surface area contributed by atoms with Crippen LogP contribution in [0.3, 0.4) is 0 Å². The summed E-state index contributed by atoms with van der Waals surface area (Å²) in [6.45, 7) is 3.93. The summed E-state index contributed by atoms with van der Waals surface area (Å²) in [6.07, 6.45) is 2.08. The van der Waals surface area contributed by atoms with Gasteiger partial charge in [0, 0.05) is 42.0 Å². The van der Waals surface area contributed by atoms with Crippen LogP contribution in [0.4, 0.5) is 4.79 Å². The predicted octanol–water partition coefficient (Wildman–Crippen LogP) is 4.50. The third kappa shape index (κ3) is 8.88. The SMILES string of the molecule is CS(=O)(=O)O.O=C1OC(Cc2ccccc2Br)CN1C(CCN1CCSCC1)c1ccccc1. The fourth-order valence-electron chi connectivity index (χ4n) is 4.12. The summed E-state index contributed by atoms with van der Waals surface area (Å²) in [5, 5.41) is 0. The van der Waals surface area contributed by atoms with Gasteiger partial charge in [0.15, 0.2) is 0 Å². The Balaban J connectivity index is 0.000000588. The van der Waals surface area contributed by atoms with Crippen LogP contribution in [0.25, 0.3) is 0 Å². The lowest BCUT2D eigenvalue weighted by atomic mass is 10.0. The van der Waals surface area contributed by atoms with Crippen molar-refractivity contribution in [2.24, 2.45) is 0 Å². The smallest absolute Gasteiger partial charge is 0.410 e. The van der Waals surface area contributed by atoms with E-state index in [9.17, 15) is 13.2 Å². The summed E-state index contributed by atoms with van der Waals surface area (Å²) < 4.78 is 32.7. The van der Waals surface area contributed by atoms with Crippen molar-refractivity contribution in [2.45, 2.75) is 25.0 Å². The number of carbonyl (C=O) groups is 1. The van der Waals surface area contributed by atoms with Crippen LogP contribution in [-0.4, -0.2) is 78.9 Å². The molecule has 0 aliphatic carbocycles. The van der Waals surface area contributed by atoms with Crippen molar-refractivity contribution >= 4 is 43.9 Å². The highest BCUT2D eigenvalue weighted by molar-refractivity contribution is 9.10. The Kier molecular flexibility index (Phi) is 10.3. The molecule has 7 nitrogen and oxygen atoms in total. The Labute approximate surface area is 214 Å². The average Bonchev–Trinajstić information content (AvgIpc) is 3.16. The second-order valence-electron chi connectivity index (χ2n) is 8.36. The summed E-state index contributed by atoms with van der Waals surface area (Å²) in [7, 11) is -3.67. The molecule has 2 aliphatic rings. The zero-order valence-electron chi connectivity index (χ0n) is 19.2. The van der Waals surface area contributed by atoms with Gasteiger partial charge in [-0.15, -0.1) is 0 Å². The number of cyclic esters (lactones) is 1. The second-order valence-corrected chi connectivity index (χ2v) is 11.9. The summed E-state index contributed by atoms with van der Waals surface area (Å²) in [6, 6.07) is 18.6. The van der Waals surface area contributed by atoms with Crippen LogP contribution in [0.5, 0.6) is 0 Å². The normalized spacial score (nSPS) is 19.8. The molecule has 2 heterocycles. The first-order valence-corrected chi connectivity index (χ1v) is 15.0. The molecule has 0 bridgehead atoms. The zero-order chi connectivity index (χ0) is 24.6. The maximum Gasteiger partial charge on any atom is 0.410 e. The van der Waals surface area contributed by atoms with E-state index in [1.54, 1.807) is 0 Å². The summed E-state index contributed by atoms with van der Waals surface area (Å²) >= 11 is 5.63. The van der Waals surface area contributed by atoms with E-state index in [2.05, 4.69) is 51.2 Å². The maximum absolute atomic E-state index is 12.8. The van der Waals surface area contributed by atoms with E-state index in [0.717, 1.165) is 36.9 Å². The predicted molar refractivity (Wildman–Crippen MR) is 140 cm³/mol.